The van der Waals surface area contributed by atoms with Gasteiger partial charge in [0.25, 0.3) is 17.4 Å². The zero-order chi connectivity index (χ0) is 14.3. The molecule has 0 radical (unpaired) electrons. The number of imide groups is 1. The molecule has 0 aliphatic carbocycles. The third-order valence-corrected chi connectivity index (χ3v) is 3.10. The first-order valence-corrected chi connectivity index (χ1v) is 5.84. The molecule has 2 aromatic rings. The summed E-state index contributed by atoms with van der Waals surface area (Å²) in [6.07, 6.45) is 1.20. The van der Waals surface area contributed by atoms with Crippen LogP contribution in [0.3, 0.4) is 0 Å². The second-order valence-corrected chi connectivity index (χ2v) is 4.34. The van der Waals surface area contributed by atoms with Crippen molar-refractivity contribution < 1.29 is 9.59 Å². The Bertz CT molecular complexity index is 799. The zero-order valence-corrected chi connectivity index (χ0v) is 10.2. The lowest BCUT2D eigenvalue weighted by Crippen LogP contribution is -2.33. The van der Waals surface area contributed by atoms with Crippen LogP contribution >= 0.6 is 0 Å². The molecule has 7 nitrogen and oxygen atoms in total. The number of carbonyl (C=O) groups is 2. The maximum Gasteiger partial charge on any atom is 0.325 e. The molecule has 2 N–H and O–H groups in total. The van der Waals surface area contributed by atoms with Crippen molar-refractivity contribution in [3.63, 3.8) is 0 Å². The van der Waals surface area contributed by atoms with Crippen LogP contribution in [0.15, 0.2) is 40.1 Å². The van der Waals surface area contributed by atoms with Crippen molar-refractivity contribution >= 4 is 11.8 Å². The Kier molecular flexibility index (Phi) is 2.60. The molecule has 1 aliphatic rings. The number of nitrogens with zero attached hydrogens (tertiary/aromatic N) is 1. The van der Waals surface area contributed by atoms with Gasteiger partial charge in [0, 0.05) is 6.20 Å². The fourth-order valence-electron chi connectivity index (χ4n) is 2.11. The van der Waals surface area contributed by atoms with E-state index in [1.54, 1.807) is 24.3 Å². The van der Waals surface area contributed by atoms with Crippen LogP contribution in [0.2, 0.25) is 0 Å². The van der Waals surface area contributed by atoms with Crippen LogP contribution in [0.5, 0.6) is 0 Å². The summed E-state index contributed by atoms with van der Waals surface area (Å²) >= 11 is 0. The number of hydrogen-bond acceptors (Lipinski definition) is 4. The number of H-pyrrole nitrogens is 2. The average molecular weight is 271 g/mol. The number of carbonyl (C=O) groups excluding carboxylic acids is 2. The van der Waals surface area contributed by atoms with Crippen LogP contribution < -0.4 is 11.2 Å². The molecule has 100 valence electrons. The fraction of sp³-hybridized carbons (Fsp3) is 0.0769. The SMILES string of the molecule is O=C1c2ccccc2C(=O)N1Cc1c[nH]c(=O)[nH]c1=O. The molecule has 2 heterocycles. The van der Waals surface area contributed by atoms with Gasteiger partial charge in [-0.1, -0.05) is 12.1 Å². The van der Waals surface area contributed by atoms with Crippen LogP contribution in [-0.4, -0.2) is 26.7 Å². The van der Waals surface area contributed by atoms with Crippen LogP contribution in [-0.2, 0) is 6.54 Å². The van der Waals surface area contributed by atoms with E-state index in [1.165, 1.54) is 6.20 Å². The molecule has 1 aromatic carbocycles. The number of rotatable bonds is 2. The predicted octanol–water partition coefficient (Wildman–Crippen LogP) is -0.141. The monoisotopic (exact) mass is 271 g/mol. The Morgan fingerprint density at radius 2 is 1.55 bits per heavy atom. The Balaban J connectivity index is 1.98. The van der Waals surface area contributed by atoms with E-state index in [0.717, 1.165) is 4.90 Å². The number of hydrogen-bond donors (Lipinski definition) is 2. The highest BCUT2D eigenvalue weighted by Crippen LogP contribution is 2.23. The summed E-state index contributed by atoms with van der Waals surface area (Å²) in [5.74, 6) is -0.896. The second-order valence-electron chi connectivity index (χ2n) is 4.34. The minimum absolute atomic E-state index is 0.138. The third-order valence-electron chi connectivity index (χ3n) is 3.10. The molecule has 1 aromatic heterocycles. The van der Waals surface area contributed by atoms with Crippen molar-refractivity contribution in [2.45, 2.75) is 6.54 Å². The fourth-order valence-corrected chi connectivity index (χ4v) is 2.11. The minimum atomic E-state index is -0.638. The third kappa shape index (κ3) is 1.76. The number of aromatic amines is 2. The van der Waals surface area contributed by atoms with Crippen molar-refractivity contribution in [3.8, 4) is 0 Å². The summed E-state index contributed by atoms with van der Waals surface area (Å²) in [5.41, 5.74) is -0.484. The first-order valence-electron chi connectivity index (χ1n) is 5.84. The highest BCUT2D eigenvalue weighted by atomic mass is 16.2. The first-order chi connectivity index (χ1) is 9.58. The predicted molar refractivity (Wildman–Crippen MR) is 68.3 cm³/mol. The lowest BCUT2D eigenvalue weighted by atomic mass is 10.1. The van der Waals surface area contributed by atoms with Crippen LogP contribution in [0, 0.1) is 0 Å². The van der Waals surface area contributed by atoms with E-state index in [9.17, 15) is 19.2 Å². The van der Waals surface area contributed by atoms with Gasteiger partial charge in [-0.15, -0.1) is 0 Å². The summed E-state index contributed by atoms with van der Waals surface area (Å²) in [6.45, 7) is -0.182. The second kappa shape index (κ2) is 4.30. The van der Waals surface area contributed by atoms with Gasteiger partial charge in [-0.25, -0.2) is 4.79 Å². The molecule has 1 aliphatic heterocycles. The summed E-state index contributed by atoms with van der Waals surface area (Å²) in [7, 11) is 0. The largest absolute Gasteiger partial charge is 0.325 e. The van der Waals surface area contributed by atoms with Crippen LogP contribution in [0.25, 0.3) is 0 Å². The Morgan fingerprint density at radius 1 is 0.950 bits per heavy atom. The van der Waals surface area contributed by atoms with E-state index in [1.807, 2.05) is 4.98 Å². The molecule has 0 saturated heterocycles. The Morgan fingerprint density at radius 3 is 2.10 bits per heavy atom. The van der Waals surface area contributed by atoms with Gasteiger partial charge in [-0.2, -0.15) is 0 Å². The van der Waals surface area contributed by atoms with Crippen LogP contribution in [0.1, 0.15) is 26.3 Å². The number of aromatic nitrogens is 2. The summed E-state index contributed by atoms with van der Waals surface area (Å²) in [6, 6.07) is 6.46. The first kappa shape index (κ1) is 12.1. The molecule has 3 rings (SSSR count). The quantitative estimate of drug-likeness (QED) is 0.742. The van der Waals surface area contributed by atoms with Crippen molar-refractivity contribution in [1.29, 1.82) is 0 Å². The van der Waals surface area contributed by atoms with Gasteiger partial charge in [0.1, 0.15) is 0 Å². The normalized spacial score (nSPS) is 13.7. The molecule has 2 amide bonds. The van der Waals surface area contributed by atoms with E-state index >= 15 is 0 Å². The van der Waals surface area contributed by atoms with Gasteiger partial charge in [-0.05, 0) is 12.1 Å². The van der Waals surface area contributed by atoms with E-state index in [4.69, 9.17) is 0 Å². The number of nitrogens with one attached hydrogen (secondary N) is 2. The molecular formula is C13H9N3O4. The maximum atomic E-state index is 12.1. The van der Waals surface area contributed by atoms with Gasteiger partial charge in [-0.3, -0.25) is 24.3 Å². The van der Waals surface area contributed by atoms with Gasteiger partial charge >= 0.3 is 5.69 Å². The molecule has 0 unspecified atom stereocenters. The molecule has 0 fully saturated rings. The zero-order valence-electron chi connectivity index (χ0n) is 10.2. The van der Waals surface area contributed by atoms with Crippen LogP contribution in [0.4, 0.5) is 0 Å². The molecule has 7 heteroatoms. The van der Waals surface area contributed by atoms with Gasteiger partial charge in [0.05, 0.1) is 23.2 Å². The van der Waals surface area contributed by atoms with E-state index in [-0.39, 0.29) is 12.1 Å². The Hall–Kier alpha value is -2.96. The maximum absolute atomic E-state index is 12.1. The lowest BCUT2D eigenvalue weighted by molar-refractivity contribution is 0.0641. The van der Waals surface area contributed by atoms with Crippen molar-refractivity contribution in [3.05, 3.63) is 68.0 Å². The van der Waals surface area contributed by atoms with E-state index < -0.39 is 23.1 Å². The van der Waals surface area contributed by atoms with Crippen molar-refractivity contribution in [2.24, 2.45) is 0 Å². The van der Waals surface area contributed by atoms with Gasteiger partial charge in [0.15, 0.2) is 0 Å². The summed E-state index contributed by atoms with van der Waals surface area (Å²) in [5, 5.41) is 0. The lowest BCUT2D eigenvalue weighted by Gasteiger charge is -2.12. The highest BCUT2D eigenvalue weighted by molar-refractivity contribution is 6.21. The van der Waals surface area contributed by atoms with Gasteiger partial charge in [0.2, 0.25) is 0 Å². The highest BCUT2D eigenvalue weighted by Gasteiger charge is 2.35. The molecule has 20 heavy (non-hydrogen) atoms. The van der Waals surface area contributed by atoms with Gasteiger partial charge < -0.3 is 4.98 Å². The minimum Gasteiger partial charge on any atom is -0.314 e. The van der Waals surface area contributed by atoms with E-state index in [0.29, 0.717) is 11.1 Å². The number of fused-ring (bicyclic) bond motifs is 1. The van der Waals surface area contributed by atoms with Crippen molar-refractivity contribution in [2.75, 3.05) is 0 Å². The average Bonchev–Trinajstić information content (AvgIpc) is 2.67. The Labute approximate surface area is 111 Å². The standard InChI is InChI=1S/C13H9N3O4/c17-10-7(5-14-13(20)15-10)6-16-11(18)8-3-1-2-4-9(8)12(16)19/h1-5H,6H2,(H2,14,15,17,20). The topological polar surface area (TPSA) is 103 Å². The molecule has 0 saturated carbocycles. The molecule has 0 spiro atoms. The number of benzene rings is 1. The summed E-state index contributed by atoms with van der Waals surface area (Å²) in [4.78, 5) is 52.1. The molecular weight excluding hydrogens is 262 g/mol. The van der Waals surface area contributed by atoms with E-state index in [2.05, 4.69) is 4.98 Å². The number of amides is 2. The summed E-state index contributed by atoms with van der Waals surface area (Å²) < 4.78 is 0. The smallest absolute Gasteiger partial charge is 0.314 e. The molecule has 0 bridgehead atoms. The van der Waals surface area contributed by atoms with Crippen molar-refractivity contribution in [1.82, 2.24) is 14.9 Å². The molecule has 0 atom stereocenters.